The van der Waals surface area contributed by atoms with Crippen molar-refractivity contribution in [3.05, 3.63) is 34.5 Å². The minimum atomic E-state index is 0.429. The van der Waals surface area contributed by atoms with Crippen molar-refractivity contribution < 1.29 is 0 Å². The summed E-state index contributed by atoms with van der Waals surface area (Å²) in [7, 11) is 0. The third-order valence-corrected chi connectivity index (χ3v) is 2.66. The average molecular weight is 276 g/mol. The van der Waals surface area contributed by atoms with E-state index in [0.717, 1.165) is 0 Å². The van der Waals surface area contributed by atoms with Gasteiger partial charge in [0.15, 0.2) is 10.9 Å². The van der Waals surface area contributed by atoms with E-state index in [4.69, 9.17) is 35.4 Å². The third-order valence-electron chi connectivity index (χ3n) is 1.74. The van der Waals surface area contributed by atoms with Gasteiger partial charge in [0.05, 0.1) is 15.7 Å². The van der Waals surface area contributed by atoms with Crippen LogP contribution in [0.3, 0.4) is 0 Å². The summed E-state index contributed by atoms with van der Waals surface area (Å²) in [6.07, 6.45) is 1.70. The second-order valence-corrected chi connectivity index (χ2v) is 4.23. The molecule has 1 aromatic heterocycles. The Morgan fingerprint density at radius 3 is 2.88 bits per heavy atom. The van der Waals surface area contributed by atoms with Gasteiger partial charge in [-0.25, -0.2) is 4.98 Å². The highest BCUT2D eigenvalue weighted by Gasteiger charge is 2.07. The van der Waals surface area contributed by atoms with Gasteiger partial charge in [-0.1, -0.05) is 29.3 Å². The second kappa shape index (κ2) is 6.03. The van der Waals surface area contributed by atoms with Crippen LogP contribution >= 0.6 is 35.4 Å². The number of pyridine rings is 1. The van der Waals surface area contributed by atoms with Crippen LogP contribution in [0.5, 0.6) is 0 Å². The van der Waals surface area contributed by atoms with Crippen molar-refractivity contribution in [2.75, 3.05) is 11.9 Å². The molecular weight excluding hydrogens is 265 g/mol. The molecule has 0 amide bonds. The molecule has 0 aromatic carbocycles. The molecule has 0 aliphatic rings. The summed E-state index contributed by atoms with van der Waals surface area (Å²) >= 11 is 16.9. The molecule has 0 radical (unpaired) electrons. The summed E-state index contributed by atoms with van der Waals surface area (Å²) in [5, 5.41) is 7.19. The predicted molar refractivity (Wildman–Crippen MR) is 73.4 cm³/mol. The maximum absolute atomic E-state index is 5.96. The standard InChI is InChI=1S/C10H11Cl2N3S/c1-3-4-13-10(16)15-9-8(12)5-7(11)6(2)14-9/h3,5H,1,4H2,2H3,(H2,13,14,15,16). The first kappa shape index (κ1) is 13.2. The first-order valence-corrected chi connectivity index (χ1v) is 5.69. The molecule has 0 bridgehead atoms. The molecule has 86 valence electrons. The molecule has 0 fully saturated rings. The van der Waals surface area contributed by atoms with Crippen LogP contribution < -0.4 is 10.6 Å². The Morgan fingerprint density at radius 1 is 1.56 bits per heavy atom. The lowest BCUT2D eigenvalue weighted by Crippen LogP contribution is -2.28. The zero-order chi connectivity index (χ0) is 12.1. The van der Waals surface area contributed by atoms with Crippen LogP contribution in [-0.4, -0.2) is 16.6 Å². The van der Waals surface area contributed by atoms with Crippen LogP contribution in [0.1, 0.15) is 5.69 Å². The van der Waals surface area contributed by atoms with Crippen LogP contribution in [0, 0.1) is 6.92 Å². The highest BCUT2D eigenvalue weighted by molar-refractivity contribution is 7.80. The topological polar surface area (TPSA) is 37.0 Å². The average Bonchev–Trinajstić information content (AvgIpc) is 2.23. The van der Waals surface area contributed by atoms with Crippen molar-refractivity contribution in [1.82, 2.24) is 10.3 Å². The van der Waals surface area contributed by atoms with Gasteiger partial charge < -0.3 is 10.6 Å². The Hall–Kier alpha value is -0.840. The van der Waals surface area contributed by atoms with Gasteiger partial charge in [0, 0.05) is 6.54 Å². The SMILES string of the molecule is C=CCNC(=S)Nc1nc(C)c(Cl)cc1Cl. The van der Waals surface area contributed by atoms with E-state index < -0.39 is 0 Å². The molecule has 1 rings (SSSR count). The Balaban J connectivity index is 2.77. The third kappa shape index (κ3) is 3.63. The number of rotatable bonds is 3. The lowest BCUT2D eigenvalue weighted by molar-refractivity contribution is 1.06. The molecule has 0 aliphatic heterocycles. The van der Waals surface area contributed by atoms with Crippen molar-refractivity contribution >= 4 is 46.4 Å². The number of aromatic nitrogens is 1. The summed E-state index contributed by atoms with van der Waals surface area (Å²) in [4.78, 5) is 4.19. The van der Waals surface area contributed by atoms with Crippen molar-refractivity contribution in [2.24, 2.45) is 0 Å². The second-order valence-electron chi connectivity index (χ2n) is 3.01. The van der Waals surface area contributed by atoms with Gasteiger partial charge in [0.1, 0.15) is 0 Å². The molecule has 1 aromatic rings. The Labute approximate surface area is 110 Å². The maximum Gasteiger partial charge on any atom is 0.172 e. The fraction of sp³-hybridized carbons (Fsp3) is 0.200. The highest BCUT2D eigenvalue weighted by Crippen LogP contribution is 2.25. The lowest BCUT2D eigenvalue weighted by Gasteiger charge is -2.10. The van der Waals surface area contributed by atoms with E-state index in [1.165, 1.54) is 0 Å². The fourth-order valence-corrected chi connectivity index (χ4v) is 1.55. The fourth-order valence-electron chi connectivity index (χ4n) is 0.963. The number of nitrogens with one attached hydrogen (secondary N) is 2. The minimum absolute atomic E-state index is 0.429. The van der Waals surface area contributed by atoms with Crippen molar-refractivity contribution in [3.8, 4) is 0 Å². The molecule has 0 saturated carbocycles. The number of aryl methyl sites for hydroxylation is 1. The summed E-state index contributed by atoms with van der Waals surface area (Å²) in [5.41, 5.74) is 0.695. The van der Waals surface area contributed by atoms with Crippen molar-refractivity contribution in [3.63, 3.8) is 0 Å². The minimum Gasteiger partial charge on any atom is -0.359 e. The van der Waals surface area contributed by atoms with Crippen LogP contribution in [0.2, 0.25) is 10.0 Å². The van der Waals surface area contributed by atoms with Crippen LogP contribution in [0.15, 0.2) is 18.7 Å². The number of anilines is 1. The predicted octanol–water partition coefficient (Wildman–Crippen LogP) is 3.17. The van der Waals surface area contributed by atoms with Crippen LogP contribution in [0.4, 0.5) is 5.82 Å². The van der Waals surface area contributed by atoms with Gasteiger partial charge in [-0.15, -0.1) is 6.58 Å². The van der Waals surface area contributed by atoms with Gasteiger partial charge >= 0.3 is 0 Å². The lowest BCUT2D eigenvalue weighted by atomic mass is 10.3. The molecule has 0 atom stereocenters. The monoisotopic (exact) mass is 275 g/mol. The summed E-state index contributed by atoms with van der Waals surface area (Å²) in [6.45, 7) is 5.95. The van der Waals surface area contributed by atoms with Crippen LogP contribution in [0.25, 0.3) is 0 Å². The molecule has 6 heteroatoms. The Morgan fingerprint density at radius 2 is 2.25 bits per heavy atom. The largest absolute Gasteiger partial charge is 0.359 e. The number of thiocarbonyl (C=S) groups is 1. The zero-order valence-corrected chi connectivity index (χ0v) is 11.0. The molecule has 0 aliphatic carbocycles. The molecule has 2 N–H and O–H groups in total. The number of hydrogen-bond donors (Lipinski definition) is 2. The molecular formula is C10H11Cl2N3S. The normalized spacial score (nSPS) is 9.69. The number of nitrogens with zero attached hydrogens (tertiary/aromatic N) is 1. The molecule has 1 heterocycles. The van der Waals surface area contributed by atoms with Gasteiger partial charge in [0.2, 0.25) is 0 Å². The van der Waals surface area contributed by atoms with Crippen molar-refractivity contribution in [2.45, 2.75) is 6.92 Å². The van der Waals surface area contributed by atoms with Gasteiger partial charge in [-0.2, -0.15) is 0 Å². The molecule has 16 heavy (non-hydrogen) atoms. The highest BCUT2D eigenvalue weighted by atomic mass is 35.5. The number of hydrogen-bond acceptors (Lipinski definition) is 2. The zero-order valence-electron chi connectivity index (χ0n) is 8.68. The van der Waals surface area contributed by atoms with Crippen LogP contribution in [-0.2, 0) is 0 Å². The van der Waals surface area contributed by atoms with E-state index in [9.17, 15) is 0 Å². The molecule has 0 spiro atoms. The summed E-state index contributed by atoms with van der Waals surface area (Å²) in [5.74, 6) is 0.491. The van der Waals surface area contributed by atoms with E-state index in [-0.39, 0.29) is 0 Å². The first-order valence-electron chi connectivity index (χ1n) is 4.53. The summed E-state index contributed by atoms with van der Waals surface area (Å²) < 4.78 is 0. The van der Waals surface area contributed by atoms with Gasteiger partial charge in [0.25, 0.3) is 0 Å². The Kier molecular flexibility index (Phi) is 4.99. The quantitative estimate of drug-likeness (QED) is 0.657. The van der Waals surface area contributed by atoms with E-state index in [0.29, 0.717) is 33.2 Å². The number of halogens is 2. The summed E-state index contributed by atoms with van der Waals surface area (Å²) in [6, 6.07) is 1.63. The maximum atomic E-state index is 5.96. The molecule has 3 nitrogen and oxygen atoms in total. The van der Waals surface area contributed by atoms with E-state index in [2.05, 4.69) is 22.2 Å². The van der Waals surface area contributed by atoms with Gasteiger partial charge in [-0.3, -0.25) is 0 Å². The molecule has 0 saturated heterocycles. The van der Waals surface area contributed by atoms with Crippen molar-refractivity contribution in [1.29, 1.82) is 0 Å². The van der Waals surface area contributed by atoms with Gasteiger partial charge in [-0.05, 0) is 25.2 Å². The van der Waals surface area contributed by atoms with E-state index >= 15 is 0 Å². The molecule has 0 unspecified atom stereocenters. The van der Waals surface area contributed by atoms with E-state index in [1.807, 2.05) is 0 Å². The smallest absolute Gasteiger partial charge is 0.172 e. The first-order chi connectivity index (χ1) is 7.54. The van der Waals surface area contributed by atoms with E-state index in [1.54, 1.807) is 19.1 Å². The Bertz CT molecular complexity index is 421.